The molecule has 0 radical (unpaired) electrons. The molecule has 7 heteroatoms. The molecule has 0 amide bonds. The lowest BCUT2D eigenvalue weighted by Crippen LogP contribution is -2.13. The fraction of sp³-hybridized carbons (Fsp3) is 0.500. The number of benzene rings is 1. The van der Waals surface area contributed by atoms with Crippen LogP contribution in [0.4, 0.5) is 13.2 Å². The maximum absolute atomic E-state index is 12.7. The third kappa shape index (κ3) is 5.57. The normalized spacial score (nSPS) is 12.9. The van der Waals surface area contributed by atoms with Crippen molar-refractivity contribution in [3.05, 3.63) is 34.3 Å². The van der Waals surface area contributed by atoms with E-state index in [1.807, 2.05) is 0 Å². The zero-order valence-corrected chi connectivity index (χ0v) is 11.8. The summed E-state index contributed by atoms with van der Waals surface area (Å²) in [5.74, 6) is 0. The predicted molar refractivity (Wildman–Crippen MR) is 73.5 cm³/mol. The van der Waals surface area contributed by atoms with Crippen molar-refractivity contribution in [1.29, 1.82) is 0 Å². The molecule has 0 unspecified atom stereocenters. The molecule has 0 heterocycles. The predicted octanol–water partition coefficient (Wildman–Crippen LogP) is 3.91. The number of unbranched alkanes of at least 4 members (excludes halogenated alkanes) is 1. The monoisotopic (exact) mass is 316 g/mol. The van der Waals surface area contributed by atoms with Gasteiger partial charge < -0.3 is 11.5 Å². The highest BCUT2D eigenvalue weighted by atomic mass is 35.5. The number of alkyl halides is 3. The summed E-state index contributed by atoms with van der Waals surface area (Å²) < 4.78 is 38.0. The molecule has 0 bridgehead atoms. The molecule has 1 rings (SSSR count). The molecular weight excluding hydrogens is 300 g/mol. The zero-order valence-electron chi connectivity index (χ0n) is 10.2. The zero-order chi connectivity index (χ0) is 13.8. The van der Waals surface area contributed by atoms with Crippen molar-refractivity contribution in [3.8, 4) is 0 Å². The van der Waals surface area contributed by atoms with E-state index in [4.69, 9.17) is 23.1 Å². The Morgan fingerprint density at radius 2 is 1.84 bits per heavy atom. The second-order valence-electron chi connectivity index (χ2n) is 4.13. The molecular formula is C12H17Cl2F3N2. The van der Waals surface area contributed by atoms with Gasteiger partial charge in [-0.15, -0.1) is 12.4 Å². The Morgan fingerprint density at radius 3 is 2.37 bits per heavy atom. The lowest BCUT2D eigenvalue weighted by molar-refractivity contribution is -0.137. The van der Waals surface area contributed by atoms with Gasteiger partial charge in [-0.2, -0.15) is 13.2 Å². The molecule has 0 fully saturated rings. The molecule has 2 nitrogen and oxygen atoms in total. The second kappa shape index (κ2) is 7.94. The summed E-state index contributed by atoms with van der Waals surface area (Å²) in [7, 11) is 0. The largest absolute Gasteiger partial charge is 0.417 e. The Bertz CT molecular complexity index is 397. The first-order valence-electron chi connectivity index (χ1n) is 5.68. The fourth-order valence-electron chi connectivity index (χ4n) is 1.67. The summed E-state index contributed by atoms with van der Waals surface area (Å²) in [4.78, 5) is 0. The van der Waals surface area contributed by atoms with E-state index in [0.29, 0.717) is 18.5 Å². The minimum atomic E-state index is -4.45. The van der Waals surface area contributed by atoms with Gasteiger partial charge in [0.1, 0.15) is 0 Å². The topological polar surface area (TPSA) is 52.0 Å². The van der Waals surface area contributed by atoms with Crippen LogP contribution in [0.15, 0.2) is 18.2 Å². The summed E-state index contributed by atoms with van der Waals surface area (Å²) in [6.07, 6.45) is -2.24. The van der Waals surface area contributed by atoms with E-state index in [0.717, 1.165) is 18.9 Å². The van der Waals surface area contributed by atoms with E-state index in [9.17, 15) is 13.2 Å². The van der Waals surface area contributed by atoms with Gasteiger partial charge in [0.05, 0.1) is 10.6 Å². The molecule has 0 saturated heterocycles. The van der Waals surface area contributed by atoms with Crippen molar-refractivity contribution in [2.24, 2.45) is 11.5 Å². The number of hydrogen-bond acceptors (Lipinski definition) is 2. The van der Waals surface area contributed by atoms with Crippen molar-refractivity contribution >= 4 is 24.0 Å². The molecule has 19 heavy (non-hydrogen) atoms. The van der Waals surface area contributed by atoms with Gasteiger partial charge in [0.2, 0.25) is 0 Å². The van der Waals surface area contributed by atoms with Crippen molar-refractivity contribution in [1.82, 2.24) is 0 Å². The highest BCUT2D eigenvalue weighted by molar-refractivity contribution is 6.31. The van der Waals surface area contributed by atoms with Crippen LogP contribution in [0.5, 0.6) is 0 Å². The first kappa shape index (κ1) is 18.5. The highest BCUT2D eigenvalue weighted by Crippen LogP contribution is 2.36. The van der Waals surface area contributed by atoms with Gasteiger partial charge in [-0.1, -0.05) is 24.1 Å². The van der Waals surface area contributed by atoms with Crippen LogP contribution in [-0.4, -0.2) is 6.54 Å². The van der Waals surface area contributed by atoms with Crippen molar-refractivity contribution in [3.63, 3.8) is 0 Å². The Hall–Kier alpha value is -0.490. The average molecular weight is 317 g/mol. The summed E-state index contributed by atoms with van der Waals surface area (Å²) in [6, 6.07) is 3.37. The number of nitrogens with two attached hydrogens (primary N) is 2. The molecule has 0 aliphatic rings. The van der Waals surface area contributed by atoms with Crippen LogP contribution in [0.1, 0.15) is 36.4 Å². The smallest absolute Gasteiger partial charge is 0.330 e. The Labute approximate surface area is 121 Å². The van der Waals surface area contributed by atoms with E-state index in [-0.39, 0.29) is 17.4 Å². The van der Waals surface area contributed by atoms with Gasteiger partial charge in [-0.3, -0.25) is 0 Å². The molecule has 110 valence electrons. The number of hydrogen-bond donors (Lipinski definition) is 2. The first-order valence-corrected chi connectivity index (χ1v) is 6.06. The van der Waals surface area contributed by atoms with E-state index in [2.05, 4.69) is 0 Å². The van der Waals surface area contributed by atoms with E-state index < -0.39 is 17.8 Å². The van der Waals surface area contributed by atoms with Crippen LogP contribution in [0, 0.1) is 0 Å². The van der Waals surface area contributed by atoms with Crippen LogP contribution in [0.25, 0.3) is 0 Å². The molecule has 1 aromatic rings. The lowest BCUT2D eigenvalue weighted by atomic mass is 9.99. The molecule has 0 spiro atoms. The first-order chi connectivity index (χ1) is 8.36. The molecule has 0 aliphatic heterocycles. The maximum Gasteiger partial charge on any atom is 0.417 e. The quantitative estimate of drug-likeness (QED) is 0.809. The van der Waals surface area contributed by atoms with E-state index in [1.165, 1.54) is 12.1 Å². The van der Waals surface area contributed by atoms with Crippen LogP contribution in [0.3, 0.4) is 0 Å². The molecule has 4 N–H and O–H groups in total. The average Bonchev–Trinajstić information content (AvgIpc) is 2.28. The summed E-state index contributed by atoms with van der Waals surface area (Å²) in [6.45, 7) is 0.557. The second-order valence-corrected chi connectivity index (χ2v) is 4.54. The summed E-state index contributed by atoms with van der Waals surface area (Å²) >= 11 is 5.53. The van der Waals surface area contributed by atoms with Crippen molar-refractivity contribution in [2.45, 2.75) is 31.5 Å². The molecule has 0 aliphatic carbocycles. The summed E-state index contributed by atoms with van der Waals surface area (Å²) in [5, 5.41) is -0.305. The number of rotatable bonds is 5. The third-order valence-corrected chi connectivity index (χ3v) is 3.02. The van der Waals surface area contributed by atoms with Gasteiger partial charge >= 0.3 is 6.18 Å². The fourth-order valence-corrected chi connectivity index (χ4v) is 1.89. The molecule has 1 atom stereocenters. The SMILES string of the molecule is Cl.NCCCC[C@H](N)c1ccc(Cl)c(C(F)(F)F)c1. The Kier molecular flexibility index (Phi) is 7.74. The molecule has 0 saturated carbocycles. The molecule has 0 aromatic heterocycles. The Morgan fingerprint density at radius 1 is 1.21 bits per heavy atom. The van der Waals surface area contributed by atoms with Gasteiger partial charge in [0.15, 0.2) is 0 Å². The van der Waals surface area contributed by atoms with E-state index >= 15 is 0 Å². The summed E-state index contributed by atoms with van der Waals surface area (Å²) in [5.41, 5.74) is 10.8. The maximum atomic E-state index is 12.7. The van der Waals surface area contributed by atoms with Gasteiger partial charge in [0.25, 0.3) is 0 Å². The highest BCUT2D eigenvalue weighted by Gasteiger charge is 2.33. The minimum absolute atomic E-state index is 0. The third-order valence-electron chi connectivity index (χ3n) is 2.69. The van der Waals surface area contributed by atoms with Crippen molar-refractivity contribution in [2.75, 3.05) is 6.54 Å². The van der Waals surface area contributed by atoms with Crippen LogP contribution in [0.2, 0.25) is 5.02 Å². The van der Waals surface area contributed by atoms with Gasteiger partial charge in [0, 0.05) is 6.04 Å². The van der Waals surface area contributed by atoms with E-state index in [1.54, 1.807) is 0 Å². The van der Waals surface area contributed by atoms with Gasteiger partial charge in [-0.25, -0.2) is 0 Å². The van der Waals surface area contributed by atoms with Crippen LogP contribution in [-0.2, 0) is 6.18 Å². The Balaban J connectivity index is 0.00000324. The van der Waals surface area contributed by atoms with Crippen molar-refractivity contribution < 1.29 is 13.2 Å². The minimum Gasteiger partial charge on any atom is -0.330 e. The van der Waals surface area contributed by atoms with Crippen LogP contribution < -0.4 is 11.5 Å². The van der Waals surface area contributed by atoms with Gasteiger partial charge in [-0.05, 0) is 37.1 Å². The molecule has 1 aromatic carbocycles. The standard InChI is InChI=1S/C12H16ClF3N2.ClH/c13-10-5-4-8(7-9(10)12(14,15)16)11(18)3-1-2-6-17;/h4-5,7,11H,1-3,6,17-18H2;1H/t11-;/m0./s1. The van der Waals surface area contributed by atoms with Crippen LogP contribution >= 0.6 is 24.0 Å². The lowest BCUT2D eigenvalue weighted by Gasteiger charge is -2.15. The number of halogens is 5.